The molecule has 1 saturated heterocycles. The van der Waals surface area contributed by atoms with E-state index in [2.05, 4.69) is 54.0 Å². The molecule has 2 aliphatic heterocycles. The molecule has 0 radical (unpaired) electrons. The number of carbonyl (C=O) groups excluding carboxylic acids is 1. The first-order valence-electron chi connectivity index (χ1n) is 11.2. The number of likely N-dealkylation sites (tertiary alicyclic amines) is 1. The number of piperidine rings is 1. The van der Waals surface area contributed by atoms with E-state index in [1.807, 2.05) is 0 Å². The van der Waals surface area contributed by atoms with E-state index in [-0.39, 0.29) is 5.92 Å². The Labute approximate surface area is 175 Å². The number of rotatable bonds is 11. The molecular formula is C24H36N2O3. The SMILES string of the molecule is CCN(CCCCN1CCCCC1=O)C(C)C(Cc1ccccc1)C1=COCO1. The predicted octanol–water partition coefficient (Wildman–Crippen LogP) is 4.19. The van der Waals surface area contributed by atoms with Crippen LogP contribution in [-0.2, 0) is 20.7 Å². The smallest absolute Gasteiger partial charge is 0.229 e. The molecule has 0 aromatic heterocycles. The molecule has 1 aromatic carbocycles. The van der Waals surface area contributed by atoms with Crippen molar-refractivity contribution in [3.8, 4) is 0 Å². The van der Waals surface area contributed by atoms with E-state index in [4.69, 9.17) is 9.47 Å². The largest absolute Gasteiger partial charge is 0.462 e. The highest BCUT2D eigenvalue weighted by atomic mass is 16.7. The second-order valence-electron chi connectivity index (χ2n) is 8.16. The van der Waals surface area contributed by atoms with Crippen LogP contribution in [-0.4, -0.2) is 54.7 Å². The van der Waals surface area contributed by atoms with Crippen molar-refractivity contribution in [2.24, 2.45) is 5.92 Å². The number of hydrogen-bond donors (Lipinski definition) is 0. The van der Waals surface area contributed by atoms with E-state index in [0.717, 1.165) is 70.5 Å². The van der Waals surface area contributed by atoms with Gasteiger partial charge in [0.05, 0.1) is 0 Å². The van der Waals surface area contributed by atoms with Crippen LogP contribution in [0.5, 0.6) is 0 Å². The highest BCUT2D eigenvalue weighted by Gasteiger charge is 2.29. The highest BCUT2D eigenvalue weighted by Crippen LogP contribution is 2.28. The van der Waals surface area contributed by atoms with Crippen LogP contribution in [0.1, 0.15) is 51.5 Å². The van der Waals surface area contributed by atoms with E-state index >= 15 is 0 Å². The number of hydrogen-bond acceptors (Lipinski definition) is 4. The summed E-state index contributed by atoms with van der Waals surface area (Å²) in [4.78, 5) is 16.6. The fourth-order valence-electron chi connectivity index (χ4n) is 4.44. The van der Waals surface area contributed by atoms with Crippen molar-refractivity contribution >= 4 is 5.91 Å². The standard InChI is InChI=1S/C24H36N2O3/c1-3-25(14-9-10-16-26-15-8-7-13-24(26)27)20(2)22(23-18-28-19-29-23)17-21-11-5-4-6-12-21/h4-6,11-12,18,20,22H,3,7-10,13-17,19H2,1-2H3. The van der Waals surface area contributed by atoms with Gasteiger partial charge in [0, 0.05) is 31.5 Å². The van der Waals surface area contributed by atoms with Crippen LogP contribution >= 0.6 is 0 Å². The van der Waals surface area contributed by atoms with Crippen LogP contribution in [0.2, 0.25) is 0 Å². The summed E-state index contributed by atoms with van der Waals surface area (Å²) in [7, 11) is 0. The Bertz CT molecular complexity index is 661. The van der Waals surface area contributed by atoms with Crippen molar-refractivity contribution in [2.45, 2.75) is 58.4 Å². The highest BCUT2D eigenvalue weighted by molar-refractivity contribution is 5.76. The minimum atomic E-state index is 0.267. The lowest BCUT2D eigenvalue weighted by Crippen LogP contribution is -2.41. The molecule has 2 unspecified atom stereocenters. The van der Waals surface area contributed by atoms with Crippen molar-refractivity contribution in [3.05, 3.63) is 47.9 Å². The van der Waals surface area contributed by atoms with Gasteiger partial charge in [0.1, 0.15) is 12.0 Å². The van der Waals surface area contributed by atoms with E-state index in [0.29, 0.717) is 18.7 Å². The summed E-state index contributed by atoms with van der Waals surface area (Å²) in [6, 6.07) is 11.0. The second-order valence-corrected chi connectivity index (χ2v) is 8.16. The summed E-state index contributed by atoms with van der Waals surface area (Å²) in [5.41, 5.74) is 1.32. The molecule has 2 aliphatic rings. The van der Waals surface area contributed by atoms with Gasteiger partial charge in [0.25, 0.3) is 0 Å². The minimum absolute atomic E-state index is 0.267. The van der Waals surface area contributed by atoms with Crippen LogP contribution in [0.25, 0.3) is 0 Å². The summed E-state index contributed by atoms with van der Waals surface area (Å²) in [5.74, 6) is 1.56. The molecule has 2 atom stereocenters. The van der Waals surface area contributed by atoms with Crippen molar-refractivity contribution in [3.63, 3.8) is 0 Å². The minimum Gasteiger partial charge on any atom is -0.462 e. The summed E-state index contributed by atoms with van der Waals surface area (Å²) in [6.45, 7) is 8.74. The maximum atomic E-state index is 12.0. The van der Waals surface area contributed by atoms with E-state index in [1.54, 1.807) is 6.26 Å². The van der Waals surface area contributed by atoms with Crippen molar-refractivity contribution in [1.29, 1.82) is 0 Å². The zero-order chi connectivity index (χ0) is 20.5. The molecule has 0 bridgehead atoms. The van der Waals surface area contributed by atoms with Crippen LogP contribution in [0.15, 0.2) is 42.4 Å². The van der Waals surface area contributed by atoms with Crippen LogP contribution in [0.3, 0.4) is 0 Å². The molecule has 0 spiro atoms. The topological polar surface area (TPSA) is 42.0 Å². The normalized spacial score (nSPS) is 18.9. The first kappa shape index (κ1) is 21.7. The van der Waals surface area contributed by atoms with E-state index in [1.165, 1.54) is 5.56 Å². The third-order valence-corrected chi connectivity index (χ3v) is 6.27. The van der Waals surface area contributed by atoms with Crippen LogP contribution in [0.4, 0.5) is 0 Å². The number of unbranched alkanes of at least 4 members (excludes halogenated alkanes) is 1. The average Bonchev–Trinajstić information content (AvgIpc) is 3.28. The summed E-state index contributed by atoms with van der Waals surface area (Å²) >= 11 is 0. The molecular weight excluding hydrogens is 364 g/mol. The molecule has 0 saturated carbocycles. The Morgan fingerprint density at radius 3 is 2.69 bits per heavy atom. The molecule has 160 valence electrons. The van der Waals surface area contributed by atoms with Gasteiger partial charge >= 0.3 is 0 Å². The van der Waals surface area contributed by atoms with Crippen molar-refractivity contribution < 1.29 is 14.3 Å². The Morgan fingerprint density at radius 2 is 2.00 bits per heavy atom. The molecule has 0 N–H and O–H groups in total. The second kappa shape index (κ2) is 11.2. The van der Waals surface area contributed by atoms with Gasteiger partial charge < -0.3 is 19.3 Å². The van der Waals surface area contributed by atoms with Gasteiger partial charge in [0.15, 0.2) is 0 Å². The predicted molar refractivity (Wildman–Crippen MR) is 115 cm³/mol. The molecule has 1 aromatic rings. The van der Waals surface area contributed by atoms with E-state index < -0.39 is 0 Å². The first-order chi connectivity index (χ1) is 14.2. The third-order valence-electron chi connectivity index (χ3n) is 6.27. The van der Waals surface area contributed by atoms with Gasteiger partial charge in [-0.1, -0.05) is 37.3 Å². The lowest BCUT2D eigenvalue weighted by atomic mass is 9.90. The van der Waals surface area contributed by atoms with Gasteiger partial charge in [-0.05, 0) is 57.7 Å². The van der Waals surface area contributed by atoms with Gasteiger partial charge in [-0.25, -0.2) is 0 Å². The monoisotopic (exact) mass is 400 g/mol. The average molecular weight is 401 g/mol. The van der Waals surface area contributed by atoms with Gasteiger partial charge in [-0.15, -0.1) is 0 Å². The number of amides is 1. The number of nitrogens with zero attached hydrogens (tertiary/aromatic N) is 2. The Balaban J connectivity index is 1.54. The Hall–Kier alpha value is -2.01. The van der Waals surface area contributed by atoms with Crippen LogP contribution in [0, 0.1) is 5.92 Å². The molecule has 5 nitrogen and oxygen atoms in total. The molecule has 5 heteroatoms. The lowest BCUT2D eigenvalue weighted by molar-refractivity contribution is -0.133. The molecule has 29 heavy (non-hydrogen) atoms. The summed E-state index contributed by atoms with van der Waals surface area (Å²) < 4.78 is 11.2. The van der Waals surface area contributed by atoms with Crippen molar-refractivity contribution in [2.75, 3.05) is 33.0 Å². The van der Waals surface area contributed by atoms with Crippen LogP contribution < -0.4 is 0 Å². The zero-order valence-corrected chi connectivity index (χ0v) is 18.0. The Kier molecular flexibility index (Phi) is 8.41. The molecule has 3 rings (SSSR count). The van der Waals surface area contributed by atoms with Gasteiger partial charge in [0.2, 0.25) is 12.7 Å². The molecule has 2 heterocycles. The van der Waals surface area contributed by atoms with Gasteiger partial charge in [-0.2, -0.15) is 0 Å². The first-order valence-corrected chi connectivity index (χ1v) is 11.2. The fraction of sp³-hybridized carbons (Fsp3) is 0.625. The number of ether oxygens (including phenoxy) is 2. The third kappa shape index (κ3) is 6.23. The zero-order valence-electron chi connectivity index (χ0n) is 18.0. The van der Waals surface area contributed by atoms with E-state index in [9.17, 15) is 4.79 Å². The summed E-state index contributed by atoms with van der Waals surface area (Å²) in [6.07, 6.45) is 7.85. The number of carbonyl (C=O) groups is 1. The summed E-state index contributed by atoms with van der Waals surface area (Å²) in [5, 5.41) is 0. The molecule has 1 amide bonds. The maximum Gasteiger partial charge on any atom is 0.229 e. The quantitative estimate of drug-likeness (QED) is 0.522. The fourth-order valence-corrected chi connectivity index (χ4v) is 4.44. The van der Waals surface area contributed by atoms with Crippen molar-refractivity contribution in [1.82, 2.24) is 9.80 Å². The Morgan fingerprint density at radius 1 is 1.17 bits per heavy atom. The maximum absolute atomic E-state index is 12.0. The molecule has 1 fully saturated rings. The molecule has 0 aliphatic carbocycles. The van der Waals surface area contributed by atoms with Gasteiger partial charge in [-0.3, -0.25) is 4.79 Å². The lowest BCUT2D eigenvalue weighted by Gasteiger charge is -2.34. The number of benzene rings is 1.